The van der Waals surface area contributed by atoms with E-state index in [9.17, 15) is 9.59 Å². The average molecular weight is 315 g/mol. The molecule has 118 valence electrons. The van der Waals surface area contributed by atoms with Gasteiger partial charge in [-0.25, -0.2) is 0 Å². The maximum atomic E-state index is 12.3. The fourth-order valence-corrected chi connectivity index (χ4v) is 2.85. The van der Waals surface area contributed by atoms with Crippen LogP contribution in [0.5, 0.6) is 0 Å². The zero-order valence-corrected chi connectivity index (χ0v) is 13.0. The molecular weight excluding hydrogens is 292 g/mol. The van der Waals surface area contributed by atoms with Gasteiger partial charge in [0.05, 0.1) is 5.56 Å². The molecule has 1 aromatic rings. The molecule has 5 N–H and O–H groups in total. The molecule has 7 heteroatoms. The van der Waals surface area contributed by atoms with Crippen LogP contribution in [0.15, 0.2) is 12.3 Å². The minimum atomic E-state index is -0.530. The first-order valence-electron chi connectivity index (χ1n) is 7.00. The van der Waals surface area contributed by atoms with Crippen LogP contribution < -0.4 is 16.8 Å². The van der Waals surface area contributed by atoms with E-state index in [2.05, 4.69) is 5.32 Å². The summed E-state index contributed by atoms with van der Waals surface area (Å²) in [5.41, 5.74) is 11.8. The van der Waals surface area contributed by atoms with Crippen molar-refractivity contribution in [2.24, 2.45) is 24.4 Å². The summed E-state index contributed by atoms with van der Waals surface area (Å²) in [6.45, 7) is 0.588. The molecule has 1 aromatic heterocycles. The first-order valence-corrected chi connectivity index (χ1v) is 7.00. The van der Waals surface area contributed by atoms with Gasteiger partial charge in [-0.2, -0.15) is 0 Å². The van der Waals surface area contributed by atoms with Crippen molar-refractivity contribution < 1.29 is 9.59 Å². The van der Waals surface area contributed by atoms with Crippen molar-refractivity contribution in [2.45, 2.75) is 31.7 Å². The highest BCUT2D eigenvalue weighted by Gasteiger charge is 2.26. The van der Waals surface area contributed by atoms with Gasteiger partial charge in [0.25, 0.3) is 5.91 Å². The predicted octanol–water partition coefficient (Wildman–Crippen LogP) is 0.793. The standard InChI is InChI=1S/C14H22N4O2.ClH/c1-18-8-10(13(16)19)6-12(18)14(20)17-11-5-3-2-4-9(11)7-15;/h6,8-9,11H,2-5,7,15H2,1H3,(H2,16,19)(H,17,20);1H. The molecule has 0 saturated heterocycles. The molecule has 0 bridgehead atoms. The maximum Gasteiger partial charge on any atom is 0.268 e. The lowest BCUT2D eigenvalue weighted by Gasteiger charge is -2.31. The van der Waals surface area contributed by atoms with E-state index in [4.69, 9.17) is 11.5 Å². The van der Waals surface area contributed by atoms with E-state index in [-0.39, 0.29) is 24.4 Å². The Morgan fingerprint density at radius 3 is 2.62 bits per heavy atom. The molecule has 1 saturated carbocycles. The molecule has 0 aliphatic heterocycles. The number of aromatic nitrogens is 1. The number of nitrogens with zero attached hydrogens (tertiary/aromatic N) is 1. The Hall–Kier alpha value is -1.53. The highest BCUT2D eigenvalue weighted by Crippen LogP contribution is 2.23. The highest BCUT2D eigenvalue weighted by atomic mass is 35.5. The molecule has 0 spiro atoms. The molecule has 0 aromatic carbocycles. The molecule has 1 heterocycles. The lowest BCUT2D eigenvalue weighted by atomic mass is 9.84. The summed E-state index contributed by atoms with van der Waals surface area (Å²) in [4.78, 5) is 23.4. The monoisotopic (exact) mass is 314 g/mol. The van der Waals surface area contributed by atoms with Crippen LogP contribution in [0.2, 0.25) is 0 Å². The number of amides is 2. The fraction of sp³-hybridized carbons (Fsp3) is 0.571. The van der Waals surface area contributed by atoms with Gasteiger partial charge in [-0.1, -0.05) is 12.8 Å². The normalized spacial score (nSPS) is 21.4. The number of carbonyl (C=O) groups excluding carboxylic acids is 2. The van der Waals surface area contributed by atoms with Crippen molar-refractivity contribution >= 4 is 24.2 Å². The summed E-state index contributed by atoms with van der Waals surface area (Å²) in [5, 5.41) is 3.04. The minimum Gasteiger partial charge on any atom is -0.366 e. The SMILES string of the molecule is Cl.Cn1cc(C(N)=O)cc1C(=O)NC1CCCCC1CN. The van der Waals surface area contributed by atoms with E-state index < -0.39 is 5.91 Å². The maximum absolute atomic E-state index is 12.3. The molecule has 1 aliphatic carbocycles. The zero-order chi connectivity index (χ0) is 14.7. The number of carbonyl (C=O) groups is 2. The van der Waals surface area contributed by atoms with E-state index in [0.717, 1.165) is 19.3 Å². The Balaban J connectivity index is 0.00000220. The van der Waals surface area contributed by atoms with Gasteiger partial charge in [-0.3, -0.25) is 9.59 Å². The highest BCUT2D eigenvalue weighted by molar-refractivity contribution is 5.98. The summed E-state index contributed by atoms with van der Waals surface area (Å²) < 4.78 is 1.62. The lowest BCUT2D eigenvalue weighted by Crippen LogP contribution is -2.45. The van der Waals surface area contributed by atoms with Gasteiger partial charge in [0.15, 0.2) is 0 Å². The number of halogens is 1. The van der Waals surface area contributed by atoms with Gasteiger partial charge in [0, 0.05) is 19.3 Å². The summed E-state index contributed by atoms with van der Waals surface area (Å²) in [5.74, 6) is -0.369. The van der Waals surface area contributed by atoms with Crippen LogP contribution in [-0.2, 0) is 7.05 Å². The summed E-state index contributed by atoms with van der Waals surface area (Å²) >= 11 is 0. The fourth-order valence-electron chi connectivity index (χ4n) is 2.85. The van der Waals surface area contributed by atoms with Gasteiger partial charge < -0.3 is 21.4 Å². The molecule has 0 radical (unpaired) electrons. The number of hydrogen-bond donors (Lipinski definition) is 3. The Labute approximate surface area is 130 Å². The average Bonchev–Trinajstić information content (AvgIpc) is 2.82. The van der Waals surface area contributed by atoms with Crippen LogP contribution in [-0.4, -0.2) is 29.0 Å². The second-order valence-corrected chi connectivity index (χ2v) is 5.45. The van der Waals surface area contributed by atoms with E-state index >= 15 is 0 Å². The van der Waals surface area contributed by atoms with Gasteiger partial charge in [0.2, 0.25) is 5.91 Å². The van der Waals surface area contributed by atoms with Crippen LogP contribution >= 0.6 is 12.4 Å². The van der Waals surface area contributed by atoms with Crippen LogP contribution in [0, 0.1) is 5.92 Å². The van der Waals surface area contributed by atoms with Gasteiger partial charge in [0.1, 0.15) is 5.69 Å². The topological polar surface area (TPSA) is 103 Å². The summed E-state index contributed by atoms with van der Waals surface area (Å²) in [6, 6.07) is 1.64. The van der Waals surface area contributed by atoms with Crippen molar-refractivity contribution in [3.8, 4) is 0 Å². The van der Waals surface area contributed by atoms with E-state index in [1.165, 1.54) is 12.5 Å². The zero-order valence-electron chi connectivity index (χ0n) is 12.2. The predicted molar refractivity (Wildman–Crippen MR) is 83.4 cm³/mol. The molecule has 1 fully saturated rings. The van der Waals surface area contributed by atoms with E-state index in [1.54, 1.807) is 17.8 Å². The third-order valence-corrected chi connectivity index (χ3v) is 4.05. The quantitative estimate of drug-likeness (QED) is 0.765. The van der Waals surface area contributed by atoms with Gasteiger partial charge in [-0.05, 0) is 31.4 Å². The molecule has 6 nitrogen and oxygen atoms in total. The molecule has 2 atom stereocenters. The minimum absolute atomic E-state index is 0. The largest absolute Gasteiger partial charge is 0.366 e. The van der Waals surface area contributed by atoms with Gasteiger partial charge in [-0.15, -0.1) is 12.4 Å². The first-order chi connectivity index (χ1) is 9.52. The lowest BCUT2D eigenvalue weighted by molar-refractivity contribution is 0.0899. The Bertz CT molecular complexity index is 515. The third kappa shape index (κ3) is 3.98. The van der Waals surface area contributed by atoms with Crippen molar-refractivity contribution in [1.29, 1.82) is 0 Å². The number of nitrogens with two attached hydrogens (primary N) is 2. The Kier molecular flexibility index (Phi) is 6.23. The van der Waals surface area contributed by atoms with E-state index in [1.807, 2.05) is 0 Å². The number of aryl methyl sites for hydroxylation is 1. The summed E-state index contributed by atoms with van der Waals surface area (Å²) in [7, 11) is 1.72. The van der Waals surface area contributed by atoms with Crippen molar-refractivity contribution in [3.05, 3.63) is 23.5 Å². The number of hydrogen-bond acceptors (Lipinski definition) is 3. The molecule has 2 amide bonds. The van der Waals surface area contributed by atoms with Crippen LogP contribution in [0.1, 0.15) is 46.5 Å². The third-order valence-electron chi connectivity index (χ3n) is 4.05. The number of primary amides is 1. The van der Waals surface area contributed by atoms with Crippen molar-refractivity contribution in [1.82, 2.24) is 9.88 Å². The van der Waals surface area contributed by atoms with Gasteiger partial charge >= 0.3 is 0 Å². The number of rotatable bonds is 4. The van der Waals surface area contributed by atoms with E-state index in [0.29, 0.717) is 23.7 Å². The molecule has 2 unspecified atom stereocenters. The number of nitrogens with one attached hydrogen (secondary N) is 1. The summed E-state index contributed by atoms with van der Waals surface area (Å²) in [6.07, 6.45) is 5.87. The van der Waals surface area contributed by atoms with Crippen molar-refractivity contribution in [3.63, 3.8) is 0 Å². The molecule has 1 aliphatic rings. The Morgan fingerprint density at radius 1 is 1.38 bits per heavy atom. The van der Waals surface area contributed by atoms with Crippen LogP contribution in [0.4, 0.5) is 0 Å². The first kappa shape index (κ1) is 17.5. The Morgan fingerprint density at radius 2 is 2.05 bits per heavy atom. The van der Waals surface area contributed by atoms with Crippen molar-refractivity contribution in [2.75, 3.05) is 6.54 Å². The second-order valence-electron chi connectivity index (χ2n) is 5.45. The molecule has 21 heavy (non-hydrogen) atoms. The second kappa shape index (κ2) is 7.47. The molecular formula is C14H23ClN4O2. The van der Waals surface area contributed by atoms with Crippen LogP contribution in [0.3, 0.4) is 0 Å². The smallest absolute Gasteiger partial charge is 0.268 e. The van der Waals surface area contributed by atoms with Crippen LogP contribution in [0.25, 0.3) is 0 Å². The molecule has 2 rings (SSSR count).